The lowest BCUT2D eigenvalue weighted by Crippen LogP contribution is -1.97. The fraction of sp³-hybridized carbons (Fsp3) is 0.143. The summed E-state index contributed by atoms with van der Waals surface area (Å²) in [4.78, 5) is 0. The van der Waals surface area contributed by atoms with Gasteiger partial charge < -0.3 is 0 Å². The molecule has 0 aliphatic carbocycles. The second-order valence-electron chi connectivity index (χ2n) is 4.00. The van der Waals surface area contributed by atoms with Gasteiger partial charge in [0, 0.05) is 4.47 Å². The average Bonchev–Trinajstić information content (AvgIpc) is 2.35. The maximum absolute atomic E-state index is 13.0. The molecule has 0 radical (unpaired) electrons. The van der Waals surface area contributed by atoms with Gasteiger partial charge in [-0.3, -0.25) is 0 Å². The third kappa shape index (κ3) is 3.13. The number of rotatable bonds is 3. The highest BCUT2D eigenvalue weighted by Crippen LogP contribution is 2.16. The van der Waals surface area contributed by atoms with Crippen LogP contribution >= 0.6 is 15.9 Å². The number of hydrogen-bond donors (Lipinski definition) is 0. The molecule has 0 unspecified atom stereocenters. The second-order valence-corrected chi connectivity index (χ2v) is 4.92. The van der Waals surface area contributed by atoms with E-state index >= 15 is 0 Å². The first-order valence-electron chi connectivity index (χ1n) is 5.44. The van der Waals surface area contributed by atoms with E-state index in [1.165, 1.54) is 0 Å². The van der Waals surface area contributed by atoms with Gasteiger partial charge in [0.15, 0.2) is 17.5 Å². The van der Waals surface area contributed by atoms with Crippen LogP contribution in [0.15, 0.2) is 40.9 Å². The first kappa shape index (κ1) is 13.1. The van der Waals surface area contributed by atoms with Crippen LogP contribution in [0.3, 0.4) is 0 Å². The van der Waals surface area contributed by atoms with E-state index in [4.69, 9.17) is 0 Å². The van der Waals surface area contributed by atoms with Crippen molar-refractivity contribution < 1.29 is 13.2 Å². The van der Waals surface area contributed by atoms with Crippen molar-refractivity contribution in [3.05, 3.63) is 69.4 Å². The summed E-state index contributed by atoms with van der Waals surface area (Å²) >= 11 is 3.33. The molecule has 0 aliphatic rings. The number of aryl methyl sites for hydroxylation is 2. The van der Waals surface area contributed by atoms with Gasteiger partial charge in [-0.25, -0.2) is 13.2 Å². The van der Waals surface area contributed by atoms with Crippen LogP contribution in [0.1, 0.15) is 11.1 Å². The van der Waals surface area contributed by atoms with Gasteiger partial charge in [0.05, 0.1) is 0 Å². The SMILES string of the molecule is Fc1cc(CCc2ccc(Br)cc2)cc(F)c1F. The quantitative estimate of drug-likeness (QED) is 0.723. The molecule has 0 aromatic heterocycles. The molecule has 0 atom stereocenters. The highest BCUT2D eigenvalue weighted by molar-refractivity contribution is 9.10. The first-order valence-corrected chi connectivity index (χ1v) is 6.23. The average molecular weight is 315 g/mol. The molecule has 0 heterocycles. The zero-order valence-electron chi connectivity index (χ0n) is 9.39. The van der Waals surface area contributed by atoms with Crippen molar-refractivity contribution in [2.24, 2.45) is 0 Å². The standard InChI is InChI=1S/C14H10BrF3/c15-11-5-3-9(4-6-11)1-2-10-7-12(16)14(18)13(17)8-10/h3-8H,1-2H2. The van der Waals surface area contributed by atoms with Crippen molar-refractivity contribution >= 4 is 15.9 Å². The van der Waals surface area contributed by atoms with E-state index < -0.39 is 17.5 Å². The fourth-order valence-electron chi connectivity index (χ4n) is 1.69. The highest BCUT2D eigenvalue weighted by Gasteiger charge is 2.10. The van der Waals surface area contributed by atoms with Crippen molar-refractivity contribution in [1.29, 1.82) is 0 Å². The van der Waals surface area contributed by atoms with Crippen LogP contribution in [0.5, 0.6) is 0 Å². The maximum atomic E-state index is 13.0. The Labute approximate surface area is 112 Å². The molecule has 0 fully saturated rings. The second kappa shape index (κ2) is 5.57. The molecule has 0 saturated carbocycles. The van der Waals surface area contributed by atoms with Crippen LogP contribution in [0, 0.1) is 17.5 Å². The molecule has 94 valence electrons. The van der Waals surface area contributed by atoms with E-state index in [0.29, 0.717) is 18.4 Å². The Morgan fingerprint density at radius 2 is 1.28 bits per heavy atom. The molecule has 0 bridgehead atoms. The molecule has 18 heavy (non-hydrogen) atoms. The Morgan fingerprint density at radius 3 is 1.83 bits per heavy atom. The van der Waals surface area contributed by atoms with Gasteiger partial charge in [0.1, 0.15) is 0 Å². The van der Waals surface area contributed by atoms with Gasteiger partial charge in [0.25, 0.3) is 0 Å². The Kier molecular flexibility index (Phi) is 4.07. The highest BCUT2D eigenvalue weighted by atomic mass is 79.9. The van der Waals surface area contributed by atoms with Gasteiger partial charge in [-0.2, -0.15) is 0 Å². The smallest absolute Gasteiger partial charge is 0.194 e. The molecular formula is C14H10BrF3. The van der Waals surface area contributed by atoms with Crippen LogP contribution in [0.25, 0.3) is 0 Å². The molecule has 2 aromatic rings. The summed E-state index contributed by atoms with van der Waals surface area (Å²) in [7, 11) is 0. The zero-order chi connectivity index (χ0) is 13.1. The van der Waals surface area contributed by atoms with E-state index in [0.717, 1.165) is 22.2 Å². The van der Waals surface area contributed by atoms with Crippen LogP contribution in [-0.4, -0.2) is 0 Å². The van der Waals surface area contributed by atoms with Crippen molar-refractivity contribution in [3.8, 4) is 0 Å². The van der Waals surface area contributed by atoms with Crippen molar-refractivity contribution in [2.45, 2.75) is 12.8 Å². The molecule has 4 heteroatoms. The first-order chi connectivity index (χ1) is 8.56. The molecule has 0 nitrogen and oxygen atoms in total. The fourth-order valence-corrected chi connectivity index (χ4v) is 1.96. The summed E-state index contributed by atoms with van der Waals surface area (Å²) in [5.74, 6) is -3.69. The molecule has 0 aliphatic heterocycles. The molecular weight excluding hydrogens is 305 g/mol. The minimum atomic E-state index is -1.41. The molecule has 2 aromatic carbocycles. The third-order valence-electron chi connectivity index (χ3n) is 2.66. The summed E-state index contributed by atoms with van der Waals surface area (Å²) < 4.78 is 39.7. The van der Waals surface area contributed by atoms with Crippen molar-refractivity contribution in [3.63, 3.8) is 0 Å². The van der Waals surface area contributed by atoms with Crippen LogP contribution < -0.4 is 0 Å². The summed E-state index contributed by atoms with van der Waals surface area (Å²) in [5.41, 5.74) is 1.51. The van der Waals surface area contributed by atoms with Gasteiger partial charge >= 0.3 is 0 Å². The van der Waals surface area contributed by atoms with E-state index in [-0.39, 0.29) is 0 Å². The minimum absolute atomic E-state index is 0.453. The predicted molar refractivity (Wildman–Crippen MR) is 67.9 cm³/mol. The van der Waals surface area contributed by atoms with E-state index in [1.807, 2.05) is 24.3 Å². The lowest BCUT2D eigenvalue weighted by atomic mass is 10.0. The number of halogens is 4. The summed E-state index contributed by atoms with van der Waals surface area (Å²) in [5, 5.41) is 0. The summed E-state index contributed by atoms with van der Waals surface area (Å²) in [6, 6.07) is 9.75. The van der Waals surface area contributed by atoms with Gasteiger partial charge in [-0.1, -0.05) is 28.1 Å². The zero-order valence-corrected chi connectivity index (χ0v) is 11.0. The van der Waals surface area contributed by atoms with Gasteiger partial charge in [0.2, 0.25) is 0 Å². The van der Waals surface area contributed by atoms with Crippen molar-refractivity contribution in [2.75, 3.05) is 0 Å². The lowest BCUT2D eigenvalue weighted by molar-refractivity contribution is 0.445. The third-order valence-corrected chi connectivity index (χ3v) is 3.19. The Hall–Kier alpha value is -1.29. The Balaban J connectivity index is 2.08. The molecule has 0 saturated heterocycles. The normalized spacial score (nSPS) is 10.7. The topological polar surface area (TPSA) is 0 Å². The molecule has 2 rings (SSSR count). The van der Waals surface area contributed by atoms with Gasteiger partial charge in [-0.15, -0.1) is 0 Å². The molecule has 0 amide bonds. The summed E-state index contributed by atoms with van der Waals surface area (Å²) in [6.07, 6.45) is 1.12. The maximum Gasteiger partial charge on any atom is 0.194 e. The largest absolute Gasteiger partial charge is 0.204 e. The Morgan fingerprint density at radius 1 is 0.778 bits per heavy atom. The monoisotopic (exact) mass is 314 g/mol. The minimum Gasteiger partial charge on any atom is -0.204 e. The Bertz CT molecular complexity index is 526. The summed E-state index contributed by atoms with van der Waals surface area (Å²) in [6.45, 7) is 0. The van der Waals surface area contributed by atoms with E-state index in [1.54, 1.807) is 0 Å². The molecule has 0 spiro atoms. The van der Waals surface area contributed by atoms with E-state index in [2.05, 4.69) is 15.9 Å². The molecule has 0 N–H and O–H groups in total. The number of hydrogen-bond acceptors (Lipinski definition) is 0. The predicted octanol–water partition coefficient (Wildman–Crippen LogP) is 4.65. The van der Waals surface area contributed by atoms with Crippen LogP contribution in [-0.2, 0) is 12.8 Å². The van der Waals surface area contributed by atoms with Crippen LogP contribution in [0.2, 0.25) is 0 Å². The van der Waals surface area contributed by atoms with Crippen LogP contribution in [0.4, 0.5) is 13.2 Å². The lowest BCUT2D eigenvalue weighted by Gasteiger charge is -2.04. The number of benzene rings is 2. The van der Waals surface area contributed by atoms with Crippen molar-refractivity contribution in [1.82, 2.24) is 0 Å². The van der Waals surface area contributed by atoms with E-state index in [9.17, 15) is 13.2 Å². The van der Waals surface area contributed by atoms with Gasteiger partial charge in [-0.05, 0) is 48.2 Å².